The fourth-order valence-electron chi connectivity index (χ4n) is 2.61. The molecule has 2 rings (SSSR count). The van der Waals surface area contributed by atoms with E-state index in [1.54, 1.807) is 11.6 Å². The summed E-state index contributed by atoms with van der Waals surface area (Å²) in [4.78, 5) is 11.9. The van der Waals surface area contributed by atoms with Crippen molar-refractivity contribution < 1.29 is 14.6 Å². The summed E-state index contributed by atoms with van der Waals surface area (Å²) in [5, 5.41) is 21.7. The van der Waals surface area contributed by atoms with Gasteiger partial charge in [0.1, 0.15) is 0 Å². The van der Waals surface area contributed by atoms with Gasteiger partial charge in [-0.25, -0.2) is 9.48 Å². The zero-order chi connectivity index (χ0) is 15.5. The van der Waals surface area contributed by atoms with Gasteiger partial charge in [-0.15, -0.1) is 5.10 Å². The number of hydrogen-bond acceptors (Lipinski definition) is 6. The van der Waals surface area contributed by atoms with Crippen molar-refractivity contribution in [1.29, 1.82) is 0 Å². The number of aromatic nitrogens is 3. The van der Waals surface area contributed by atoms with Crippen LogP contribution in [0.1, 0.15) is 55.2 Å². The van der Waals surface area contributed by atoms with E-state index >= 15 is 0 Å². The Morgan fingerprint density at radius 1 is 1.52 bits per heavy atom. The van der Waals surface area contributed by atoms with E-state index in [0.717, 1.165) is 31.6 Å². The van der Waals surface area contributed by atoms with Crippen molar-refractivity contribution in [2.75, 3.05) is 20.2 Å². The zero-order valence-electron chi connectivity index (χ0n) is 12.9. The third-order valence-corrected chi connectivity index (χ3v) is 4.13. The van der Waals surface area contributed by atoms with Gasteiger partial charge in [0.15, 0.2) is 5.69 Å². The van der Waals surface area contributed by atoms with Gasteiger partial charge in [0, 0.05) is 5.92 Å². The van der Waals surface area contributed by atoms with Crippen molar-refractivity contribution >= 4 is 5.97 Å². The lowest BCUT2D eigenvalue weighted by Gasteiger charge is -2.26. The summed E-state index contributed by atoms with van der Waals surface area (Å²) < 4.78 is 6.48. The molecule has 0 spiro atoms. The van der Waals surface area contributed by atoms with Crippen molar-refractivity contribution in [3.8, 4) is 0 Å². The van der Waals surface area contributed by atoms with Crippen molar-refractivity contribution in [1.82, 2.24) is 20.3 Å². The summed E-state index contributed by atoms with van der Waals surface area (Å²) in [6.07, 6.45) is 2.45. The van der Waals surface area contributed by atoms with Crippen LogP contribution in [0.2, 0.25) is 0 Å². The normalized spacial score (nSPS) is 19.2. The first kappa shape index (κ1) is 15.9. The molecule has 1 aromatic heterocycles. The van der Waals surface area contributed by atoms with E-state index < -0.39 is 11.6 Å². The number of carbonyl (C=O) groups is 1. The molecule has 1 aliphatic rings. The van der Waals surface area contributed by atoms with Gasteiger partial charge in [0.05, 0.1) is 24.9 Å². The van der Waals surface area contributed by atoms with Gasteiger partial charge in [-0.05, 0) is 39.3 Å². The highest BCUT2D eigenvalue weighted by Crippen LogP contribution is 2.28. The molecule has 0 aliphatic carbocycles. The molecule has 118 valence electrons. The molecule has 1 aliphatic heterocycles. The minimum absolute atomic E-state index is 0.211. The molecule has 0 aromatic carbocycles. The van der Waals surface area contributed by atoms with E-state index in [4.69, 9.17) is 4.74 Å². The number of nitrogens with zero attached hydrogens (tertiary/aromatic N) is 3. The lowest BCUT2D eigenvalue weighted by molar-refractivity contribution is 0.0325. The van der Waals surface area contributed by atoms with Gasteiger partial charge in [0.2, 0.25) is 0 Å². The van der Waals surface area contributed by atoms with Crippen LogP contribution in [0, 0.1) is 0 Å². The van der Waals surface area contributed by atoms with Crippen LogP contribution in [0.25, 0.3) is 0 Å². The Kier molecular flexibility index (Phi) is 4.95. The summed E-state index contributed by atoms with van der Waals surface area (Å²) in [6, 6.07) is 0. The second-order valence-corrected chi connectivity index (χ2v) is 5.85. The quantitative estimate of drug-likeness (QED) is 0.777. The van der Waals surface area contributed by atoms with Crippen LogP contribution in [-0.4, -0.2) is 51.9 Å². The third kappa shape index (κ3) is 3.59. The number of piperidine rings is 1. The number of aliphatic hydroxyl groups is 1. The molecule has 1 aromatic rings. The predicted octanol–water partition coefficient (Wildman–Crippen LogP) is 0.693. The summed E-state index contributed by atoms with van der Waals surface area (Å²) in [6.45, 7) is 5.81. The Morgan fingerprint density at radius 3 is 2.76 bits per heavy atom. The standard InChI is InChI=1S/C14H24N4O3/c1-4-14(2,20)9-18-12(10-5-7-15-8-6-10)11(16-17-18)13(19)21-3/h10,15,20H,4-9H2,1-3H3. The highest BCUT2D eigenvalue weighted by Gasteiger charge is 2.30. The van der Waals surface area contributed by atoms with Gasteiger partial charge >= 0.3 is 5.97 Å². The summed E-state index contributed by atoms with van der Waals surface area (Å²) in [7, 11) is 1.34. The smallest absolute Gasteiger partial charge is 0.360 e. The molecule has 2 heterocycles. The maximum atomic E-state index is 11.9. The second kappa shape index (κ2) is 6.53. The number of hydrogen-bond donors (Lipinski definition) is 2. The van der Waals surface area contributed by atoms with Gasteiger partial charge < -0.3 is 15.2 Å². The number of nitrogens with one attached hydrogen (secondary N) is 1. The van der Waals surface area contributed by atoms with Crippen molar-refractivity contribution in [2.24, 2.45) is 0 Å². The first-order chi connectivity index (χ1) is 9.98. The van der Waals surface area contributed by atoms with Gasteiger partial charge in [0.25, 0.3) is 0 Å². The van der Waals surface area contributed by atoms with Crippen molar-refractivity contribution in [2.45, 2.75) is 51.2 Å². The minimum Gasteiger partial charge on any atom is -0.464 e. The van der Waals surface area contributed by atoms with Gasteiger partial charge in [-0.1, -0.05) is 12.1 Å². The zero-order valence-corrected chi connectivity index (χ0v) is 12.9. The number of methoxy groups -OCH3 is 1. The molecular formula is C14H24N4O3. The van der Waals surface area contributed by atoms with Crippen LogP contribution in [-0.2, 0) is 11.3 Å². The van der Waals surface area contributed by atoms with E-state index in [-0.39, 0.29) is 11.6 Å². The van der Waals surface area contributed by atoms with Crippen LogP contribution < -0.4 is 5.32 Å². The average Bonchev–Trinajstić information content (AvgIpc) is 2.90. The molecular weight excluding hydrogens is 272 g/mol. The Morgan fingerprint density at radius 2 is 2.19 bits per heavy atom. The van der Waals surface area contributed by atoms with E-state index in [1.165, 1.54) is 7.11 Å². The van der Waals surface area contributed by atoms with Crippen LogP contribution in [0.15, 0.2) is 0 Å². The molecule has 21 heavy (non-hydrogen) atoms. The fraction of sp³-hybridized carbons (Fsp3) is 0.786. The van der Waals surface area contributed by atoms with Crippen LogP contribution in [0.3, 0.4) is 0 Å². The molecule has 7 heteroatoms. The van der Waals surface area contributed by atoms with E-state index in [2.05, 4.69) is 15.6 Å². The molecule has 1 saturated heterocycles. The molecule has 0 bridgehead atoms. The predicted molar refractivity (Wildman–Crippen MR) is 77.1 cm³/mol. The monoisotopic (exact) mass is 296 g/mol. The first-order valence-electron chi connectivity index (χ1n) is 7.43. The lowest BCUT2D eigenvalue weighted by Crippen LogP contribution is -2.33. The van der Waals surface area contributed by atoms with Crippen molar-refractivity contribution in [3.63, 3.8) is 0 Å². The lowest BCUT2D eigenvalue weighted by atomic mass is 9.92. The molecule has 0 amide bonds. The molecule has 1 fully saturated rings. The topological polar surface area (TPSA) is 89.3 Å². The Labute approximate surface area is 124 Å². The highest BCUT2D eigenvalue weighted by molar-refractivity contribution is 5.88. The Hall–Kier alpha value is -1.47. The highest BCUT2D eigenvalue weighted by atomic mass is 16.5. The minimum atomic E-state index is -0.872. The number of esters is 1. The SMILES string of the molecule is CCC(C)(O)Cn1nnc(C(=O)OC)c1C1CCNCC1. The van der Waals surface area contributed by atoms with E-state index in [0.29, 0.717) is 13.0 Å². The molecule has 0 radical (unpaired) electrons. The molecule has 1 unspecified atom stereocenters. The van der Waals surface area contributed by atoms with E-state index in [1.807, 2.05) is 6.92 Å². The number of rotatable bonds is 5. The average molecular weight is 296 g/mol. The van der Waals surface area contributed by atoms with Crippen LogP contribution in [0.4, 0.5) is 0 Å². The first-order valence-corrected chi connectivity index (χ1v) is 7.43. The fourth-order valence-corrected chi connectivity index (χ4v) is 2.61. The van der Waals surface area contributed by atoms with E-state index in [9.17, 15) is 9.90 Å². The molecule has 2 N–H and O–H groups in total. The maximum absolute atomic E-state index is 11.9. The number of carbonyl (C=O) groups excluding carboxylic acids is 1. The van der Waals surface area contributed by atoms with Gasteiger partial charge in [-0.2, -0.15) is 0 Å². The van der Waals surface area contributed by atoms with Crippen molar-refractivity contribution in [3.05, 3.63) is 11.4 Å². The largest absolute Gasteiger partial charge is 0.464 e. The summed E-state index contributed by atoms with van der Waals surface area (Å²) >= 11 is 0. The third-order valence-electron chi connectivity index (χ3n) is 4.13. The maximum Gasteiger partial charge on any atom is 0.360 e. The second-order valence-electron chi connectivity index (χ2n) is 5.85. The Bertz CT molecular complexity index is 492. The molecule has 7 nitrogen and oxygen atoms in total. The van der Waals surface area contributed by atoms with Crippen LogP contribution in [0.5, 0.6) is 0 Å². The summed E-state index contributed by atoms with van der Waals surface area (Å²) in [5.74, 6) is -0.256. The van der Waals surface area contributed by atoms with Crippen LogP contribution >= 0.6 is 0 Å². The molecule has 0 saturated carbocycles. The summed E-state index contributed by atoms with van der Waals surface area (Å²) in [5.41, 5.74) is 0.191. The molecule has 1 atom stereocenters. The van der Waals surface area contributed by atoms with Gasteiger partial charge in [-0.3, -0.25) is 0 Å². The number of ether oxygens (including phenoxy) is 1. The Balaban J connectivity index is 2.35.